The molecule has 2 aromatic carbocycles. The number of aryl methyl sites for hydroxylation is 1. The topological polar surface area (TPSA) is 67.2 Å². The Morgan fingerprint density at radius 2 is 1.88 bits per heavy atom. The van der Waals surface area contributed by atoms with Crippen LogP contribution in [-0.4, -0.2) is 41.4 Å². The molecular formula is C22H22ClF3N4O2S. The minimum atomic E-state index is -4.47. The van der Waals surface area contributed by atoms with Gasteiger partial charge >= 0.3 is 6.18 Å². The molecule has 0 radical (unpaired) electrons. The molecule has 176 valence electrons. The maximum atomic E-state index is 13.1. The molecule has 2 unspecified atom stereocenters. The summed E-state index contributed by atoms with van der Waals surface area (Å²) in [5.74, 6) is -0.155. The van der Waals surface area contributed by atoms with Crippen molar-refractivity contribution in [2.75, 3.05) is 13.1 Å². The van der Waals surface area contributed by atoms with Gasteiger partial charge in [0, 0.05) is 49.9 Å². The second kappa shape index (κ2) is 9.09. The van der Waals surface area contributed by atoms with Gasteiger partial charge in [0.25, 0.3) is 10.0 Å². The molecule has 1 aliphatic rings. The molecule has 2 heterocycles. The lowest BCUT2D eigenvalue weighted by molar-refractivity contribution is -0.137. The third-order valence-electron chi connectivity index (χ3n) is 5.73. The zero-order valence-corrected chi connectivity index (χ0v) is 19.2. The molecule has 0 bridgehead atoms. The molecule has 4 rings (SSSR count). The molecule has 6 nitrogen and oxygen atoms in total. The normalized spacial score (nSPS) is 19.8. The molecule has 1 saturated heterocycles. The number of halogens is 4. The van der Waals surface area contributed by atoms with Gasteiger partial charge in [0.05, 0.1) is 11.9 Å². The van der Waals surface area contributed by atoms with Gasteiger partial charge in [-0.2, -0.15) is 17.5 Å². The first-order chi connectivity index (χ1) is 15.6. The summed E-state index contributed by atoms with van der Waals surface area (Å²) in [5.41, 5.74) is 0.654. The summed E-state index contributed by atoms with van der Waals surface area (Å²) in [5, 5.41) is 3.29. The summed E-state index contributed by atoms with van der Waals surface area (Å²) in [6.07, 6.45) is -1.59. The van der Waals surface area contributed by atoms with Crippen molar-refractivity contribution in [1.29, 1.82) is 0 Å². The van der Waals surface area contributed by atoms with Crippen LogP contribution >= 0.6 is 11.6 Å². The van der Waals surface area contributed by atoms with E-state index in [0.717, 1.165) is 17.7 Å². The number of benzene rings is 2. The van der Waals surface area contributed by atoms with Gasteiger partial charge in [0.1, 0.15) is 0 Å². The molecule has 1 N–H and O–H groups in total. The quantitative estimate of drug-likeness (QED) is 0.557. The number of hydrogen-bond acceptors (Lipinski definition) is 4. The number of sulfonamides is 1. The SMILES string of the molecule is Cn1cnc(S(=O)(=O)N2CC(NCc3ccc(C(F)(F)F)cc3Cl)C(c3ccccc3)C2)c1. The Morgan fingerprint density at radius 1 is 1.15 bits per heavy atom. The van der Waals surface area contributed by atoms with Crippen LogP contribution in [0.5, 0.6) is 0 Å². The molecular weight excluding hydrogens is 477 g/mol. The fourth-order valence-corrected chi connectivity index (χ4v) is 5.68. The highest BCUT2D eigenvalue weighted by atomic mass is 35.5. The first-order valence-electron chi connectivity index (χ1n) is 10.2. The van der Waals surface area contributed by atoms with E-state index in [9.17, 15) is 21.6 Å². The van der Waals surface area contributed by atoms with Crippen molar-refractivity contribution in [3.63, 3.8) is 0 Å². The van der Waals surface area contributed by atoms with E-state index in [1.165, 1.54) is 22.9 Å². The number of rotatable bonds is 6. The molecule has 0 aliphatic carbocycles. The van der Waals surface area contributed by atoms with Crippen LogP contribution in [0.4, 0.5) is 13.2 Å². The van der Waals surface area contributed by atoms with Crippen LogP contribution in [0.25, 0.3) is 0 Å². The minimum absolute atomic E-state index is 0.00421. The molecule has 2 atom stereocenters. The second-order valence-electron chi connectivity index (χ2n) is 8.01. The van der Waals surface area contributed by atoms with E-state index in [1.807, 2.05) is 30.3 Å². The number of aromatic nitrogens is 2. The van der Waals surface area contributed by atoms with Crippen LogP contribution in [0.2, 0.25) is 5.02 Å². The predicted octanol–water partition coefficient (Wildman–Crippen LogP) is 4.04. The van der Waals surface area contributed by atoms with Gasteiger partial charge in [0.2, 0.25) is 0 Å². The Bertz CT molecular complexity index is 1230. The van der Waals surface area contributed by atoms with E-state index in [1.54, 1.807) is 11.6 Å². The Morgan fingerprint density at radius 3 is 2.48 bits per heavy atom. The molecule has 1 aliphatic heterocycles. The molecule has 0 spiro atoms. The van der Waals surface area contributed by atoms with Gasteiger partial charge in [-0.15, -0.1) is 0 Å². The van der Waals surface area contributed by atoms with Gasteiger partial charge in [-0.25, -0.2) is 13.4 Å². The Balaban J connectivity index is 1.56. The van der Waals surface area contributed by atoms with E-state index < -0.39 is 21.8 Å². The predicted molar refractivity (Wildman–Crippen MR) is 118 cm³/mol. The Kier molecular flexibility index (Phi) is 6.54. The lowest BCUT2D eigenvalue weighted by atomic mass is 9.94. The van der Waals surface area contributed by atoms with Crippen LogP contribution in [0, 0.1) is 0 Å². The first-order valence-corrected chi connectivity index (χ1v) is 12.0. The maximum absolute atomic E-state index is 13.1. The zero-order valence-electron chi connectivity index (χ0n) is 17.6. The lowest BCUT2D eigenvalue weighted by Crippen LogP contribution is -2.36. The molecule has 0 saturated carbocycles. The number of hydrogen-bond donors (Lipinski definition) is 1. The Labute approximate surface area is 195 Å². The van der Waals surface area contributed by atoms with E-state index in [0.29, 0.717) is 5.56 Å². The largest absolute Gasteiger partial charge is 0.416 e. The van der Waals surface area contributed by atoms with E-state index >= 15 is 0 Å². The second-order valence-corrected chi connectivity index (χ2v) is 10.3. The lowest BCUT2D eigenvalue weighted by Gasteiger charge is -2.21. The summed E-state index contributed by atoms with van der Waals surface area (Å²) < 4.78 is 68.0. The molecule has 1 fully saturated rings. The maximum Gasteiger partial charge on any atom is 0.416 e. The van der Waals surface area contributed by atoms with Crippen molar-refractivity contribution in [1.82, 2.24) is 19.2 Å². The number of nitrogens with zero attached hydrogens (tertiary/aromatic N) is 3. The number of alkyl halides is 3. The molecule has 33 heavy (non-hydrogen) atoms. The van der Waals surface area contributed by atoms with E-state index in [2.05, 4.69) is 10.3 Å². The van der Waals surface area contributed by atoms with Crippen molar-refractivity contribution in [3.05, 3.63) is 82.8 Å². The molecule has 1 aromatic heterocycles. The summed E-state index contributed by atoms with van der Waals surface area (Å²) >= 11 is 6.10. The minimum Gasteiger partial charge on any atom is -0.339 e. The van der Waals surface area contributed by atoms with Crippen LogP contribution in [0.3, 0.4) is 0 Å². The standard InChI is InChI=1S/C22H22ClF3N4O2S/c1-29-13-21(28-14-29)33(31,32)30-11-18(15-5-3-2-4-6-15)20(12-30)27-10-16-7-8-17(9-19(16)23)22(24,25)26/h2-9,13-14,18,20,27H,10-12H2,1H3. The van der Waals surface area contributed by atoms with Gasteiger partial charge < -0.3 is 9.88 Å². The third kappa shape index (κ3) is 5.08. The highest BCUT2D eigenvalue weighted by Crippen LogP contribution is 2.34. The van der Waals surface area contributed by atoms with Crippen LogP contribution in [-0.2, 0) is 29.8 Å². The molecule has 11 heteroatoms. The van der Waals surface area contributed by atoms with Crippen molar-refractivity contribution in [3.8, 4) is 0 Å². The van der Waals surface area contributed by atoms with Gasteiger partial charge in [-0.05, 0) is 23.3 Å². The number of nitrogens with one attached hydrogen (secondary N) is 1. The van der Waals surface area contributed by atoms with Crippen molar-refractivity contribution < 1.29 is 21.6 Å². The third-order valence-corrected chi connectivity index (χ3v) is 7.80. The molecule has 0 amide bonds. The average Bonchev–Trinajstić information content (AvgIpc) is 3.40. The van der Waals surface area contributed by atoms with E-state index in [4.69, 9.17) is 11.6 Å². The summed E-state index contributed by atoms with van der Waals surface area (Å²) in [6.45, 7) is 0.639. The fraction of sp³-hybridized carbons (Fsp3) is 0.318. The van der Waals surface area contributed by atoms with E-state index in [-0.39, 0.29) is 41.6 Å². The van der Waals surface area contributed by atoms with Gasteiger partial charge in [0.15, 0.2) is 5.03 Å². The smallest absolute Gasteiger partial charge is 0.339 e. The molecule has 3 aromatic rings. The highest BCUT2D eigenvalue weighted by molar-refractivity contribution is 7.89. The van der Waals surface area contributed by atoms with Crippen molar-refractivity contribution >= 4 is 21.6 Å². The summed E-state index contributed by atoms with van der Waals surface area (Å²) in [4.78, 5) is 3.99. The van der Waals surface area contributed by atoms with Crippen LogP contribution < -0.4 is 5.32 Å². The highest BCUT2D eigenvalue weighted by Gasteiger charge is 2.40. The number of imidazole rings is 1. The monoisotopic (exact) mass is 498 g/mol. The van der Waals surface area contributed by atoms with Crippen molar-refractivity contribution in [2.45, 2.75) is 29.7 Å². The first kappa shape index (κ1) is 23.7. The van der Waals surface area contributed by atoms with Gasteiger partial charge in [-0.1, -0.05) is 48.0 Å². The van der Waals surface area contributed by atoms with Crippen LogP contribution in [0.15, 0.2) is 66.1 Å². The van der Waals surface area contributed by atoms with Crippen molar-refractivity contribution in [2.24, 2.45) is 7.05 Å². The van der Waals surface area contributed by atoms with Crippen LogP contribution in [0.1, 0.15) is 22.6 Å². The summed E-state index contributed by atoms with van der Waals surface area (Å²) in [7, 11) is -2.10. The Hall–Kier alpha value is -2.40. The zero-order chi connectivity index (χ0) is 23.8. The fourth-order valence-electron chi connectivity index (χ4n) is 3.97. The average molecular weight is 499 g/mol. The van der Waals surface area contributed by atoms with Gasteiger partial charge in [-0.3, -0.25) is 0 Å². The summed E-state index contributed by atoms with van der Waals surface area (Å²) in [6, 6.07) is 12.5.